The van der Waals surface area contributed by atoms with Crippen LogP contribution in [0.25, 0.3) is 22.8 Å². The van der Waals surface area contributed by atoms with Gasteiger partial charge >= 0.3 is 0 Å². The van der Waals surface area contributed by atoms with E-state index in [1.165, 1.54) is 6.20 Å². The minimum atomic E-state index is -3.34. The zero-order chi connectivity index (χ0) is 20.3. The van der Waals surface area contributed by atoms with Crippen molar-refractivity contribution in [1.82, 2.24) is 20.2 Å². The first-order chi connectivity index (χ1) is 13.3. The number of rotatable bonds is 7. The van der Waals surface area contributed by atoms with Gasteiger partial charge in [-0.2, -0.15) is 0 Å². The average molecular weight is 402 g/mol. The standard InChI is InChI=1S/C18H22N6O3S/c1-11(2)28(25,26)13-7-5-12(6-8-13)14-10-21-17(20)16(22-14)18-24-23-15(27-18)4-3-9-19/h5-8,10-11H,3-4,9,19H2,1-2H3,(H2,20,21). The minimum absolute atomic E-state index is 0.164. The lowest BCUT2D eigenvalue weighted by Gasteiger charge is -2.09. The summed E-state index contributed by atoms with van der Waals surface area (Å²) in [6, 6.07) is 6.47. The van der Waals surface area contributed by atoms with Gasteiger partial charge in [0.1, 0.15) is 0 Å². The summed E-state index contributed by atoms with van der Waals surface area (Å²) >= 11 is 0. The van der Waals surface area contributed by atoms with Crippen molar-refractivity contribution < 1.29 is 12.8 Å². The number of hydrogen-bond acceptors (Lipinski definition) is 9. The Bertz CT molecular complexity index is 1060. The molecular formula is C18H22N6O3S. The molecule has 2 heterocycles. The third-order valence-corrected chi connectivity index (χ3v) is 6.33. The molecule has 28 heavy (non-hydrogen) atoms. The van der Waals surface area contributed by atoms with Crippen molar-refractivity contribution in [2.75, 3.05) is 12.3 Å². The van der Waals surface area contributed by atoms with Crippen LogP contribution in [0.2, 0.25) is 0 Å². The molecule has 0 radical (unpaired) electrons. The number of aromatic nitrogens is 4. The van der Waals surface area contributed by atoms with Crippen molar-refractivity contribution in [1.29, 1.82) is 0 Å². The van der Waals surface area contributed by atoms with Gasteiger partial charge in [-0.1, -0.05) is 12.1 Å². The van der Waals surface area contributed by atoms with E-state index < -0.39 is 15.1 Å². The largest absolute Gasteiger partial charge is 0.419 e. The summed E-state index contributed by atoms with van der Waals surface area (Å²) in [5.41, 5.74) is 12.9. The van der Waals surface area contributed by atoms with Crippen molar-refractivity contribution in [2.24, 2.45) is 5.73 Å². The Kier molecular flexibility index (Phi) is 5.71. The van der Waals surface area contributed by atoms with Gasteiger partial charge in [-0.25, -0.2) is 18.4 Å². The molecule has 0 aliphatic heterocycles. The van der Waals surface area contributed by atoms with Crippen LogP contribution in [0.4, 0.5) is 5.82 Å². The maximum Gasteiger partial charge on any atom is 0.270 e. The van der Waals surface area contributed by atoms with E-state index in [2.05, 4.69) is 20.2 Å². The van der Waals surface area contributed by atoms with Gasteiger partial charge in [0.25, 0.3) is 5.89 Å². The van der Waals surface area contributed by atoms with Crippen LogP contribution >= 0.6 is 0 Å². The van der Waals surface area contributed by atoms with Crippen LogP contribution in [0.15, 0.2) is 39.8 Å². The minimum Gasteiger partial charge on any atom is -0.419 e. The van der Waals surface area contributed by atoms with E-state index >= 15 is 0 Å². The van der Waals surface area contributed by atoms with Gasteiger partial charge in [0.2, 0.25) is 5.89 Å². The summed E-state index contributed by atoms with van der Waals surface area (Å²) in [4.78, 5) is 8.89. The third kappa shape index (κ3) is 4.02. The number of nitrogen functional groups attached to an aromatic ring is 1. The van der Waals surface area contributed by atoms with E-state index in [9.17, 15) is 8.42 Å². The number of nitrogens with zero attached hydrogens (tertiary/aromatic N) is 4. The van der Waals surface area contributed by atoms with Crippen molar-refractivity contribution in [3.63, 3.8) is 0 Å². The molecule has 148 valence electrons. The molecule has 0 atom stereocenters. The molecule has 2 aromatic heterocycles. The van der Waals surface area contributed by atoms with E-state index in [1.54, 1.807) is 38.1 Å². The maximum atomic E-state index is 12.3. The lowest BCUT2D eigenvalue weighted by molar-refractivity contribution is 0.497. The van der Waals surface area contributed by atoms with E-state index in [0.29, 0.717) is 30.1 Å². The quantitative estimate of drug-likeness (QED) is 0.603. The molecule has 0 unspecified atom stereocenters. The van der Waals surface area contributed by atoms with Gasteiger partial charge in [-0.15, -0.1) is 10.2 Å². The molecule has 1 aromatic carbocycles. The Morgan fingerprint density at radius 3 is 2.50 bits per heavy atom. The Balaban J connectivity index is 1.92. The van der Waals surface area contributed by atoms with Crippen LogP contribution < -0.4 is 11.5 Å². The van der Waals surface area contributed by atoms with Crippen molar-refractivity contribution >= 4 is 15.7 Å². The van der Waals surface area contributed by atoms with Gasteiger partial charge in [-0.05, 0) is 38.9 Å². The monoisotopic (exact) mass is 402 g/mol. The van der Waals surface area contributed by atoms with Crippen molar-refractivity contribution in [3.8, 4) is 22.8 Å². The second-order valence-electron chi connectivity index (χ2n) is 6.50. The fourth-order valence-corrected chi connectivity index (χ4v) is 3.55. The van der Waals surface area contributed by atoms with Crippen LogP contribution in [0.1, 0.15) is 26.2 Å². The van der Waals surface area contributed by atoms with Crippen LogP contribution in [0.3, 0.4) is 0 Å². The fraction of sp³-hybridized carbons (Fsp3) is 0.333. The molecule has 0 aliphatic rings. The summed E-state index contributed by atoms with van der Waals surface area (Å²) < 4.78 is 30.1. The molecule has 0 amide bonds. The van der Waals surface area contributed by atoms with E-state index in [1.807, 2.05) is 0 Å². The zero-order valence-corrected chi connectivity index (χ0v) is 16.5. The molecule has 3 aromatic rings. The lowest BCUT2D eigenvalue weighted by Crippen LogP contribution is -2.13. The molecule has 3 rings (SSSR count). The zero-order valence-electron chi connectivity index (χ0n) is 15.7. The first-order valence-corrected chi connectivity index (χ1v) is 10.4. The van der Waals surface area contributed by atoms with Gasteiger partial charge < -0.3 is 15.9 Å². The molecule has 0 aliphatic carbocycles. The van der Waals surface area contributed by atoms with Gasteiger partial charge in [0.15, 0.2) is 21.3 Å². The average Bonchev–Trinajstić information content (AvgIpc) is 3.15. The summed E-state index contributed by atoms with van der Waals surface area (Å²) in [5.74, 6) is 0.796. The molecule has 0 spiro atoms. The fourth-order valence-electron chi connectivity index (χ4n) is 2.49. The number of aryl methyl sites for hydroxylation is 1. The number of nitrogens with two attached hydrogens (primary N) is 2. The highest BCUT2D eigenvalue weighted by molar-refractivity contribution is 7.92. The first kappa shape index (κ1) is 19.9. The highest BCUT2D eigenvalue weighted by Gasteiger charge is 2.20. The molecule has 0 saturated heterocycles. The van der Waals surface area contributed by atoms with E-state index in [-0.39, 0.29) is 22.3 Å². The van der Waals surface area contributed by atoms with Crippen LogP contribution in [-0.2, 0) is 16.3 Å². The molecule has 0 fully saturated rings. The first-order valence-electron chi connectivity index (χ1n) is 8.82. The topological polar surface area (TPSA) is 151 Å². The predicted octanol–water partition coefficient (Wildman–Crippen LogP) is 1.85. The Hall–Kier alpha value is -2.85. The molecule has 9 nitrogen and oxygen atoms in total. The molecule has 0 saturated carbocycles. The smallest absolute Gasteiger partial charge is 0.270 e. The van der Waals surface area contributed by atoms with E-state index in [0.717, 1.165) is 6.42 Å². The summed E-state index contributed by atoms with van der Waals surface area (Å²) in [6.45, 7) is 3.82. The van der Waals surface area contributed by atoms with E-state index in [4.69, 9.17) is 15.9 Å². The Labute approximate surface area is 163 Å². The lowest BCUT2D eigenvalue weighted by atomic mass is 10.1. The predicted molar refractivity (Wildman–Crippen MR) is 105 cm³/mol. The molecular weight excluding hydrogens is 380 g/mol. The maximum absolute atomic E-state index is 12.3. The number of anilines is 1. The molecule has 0 bridgehead atoms. The Morgan fingerprint density at radius 2 is 1.86 bits per heavy atom. The van der Waals surface area contributed by atoms with Gasteiger partial charge in [-0.3, -0.25) is 0 Å². The second kappa shape index (κ2) is 8.03. The van der Waals surface area contributed by atoms with Crippen molar-refractivity contribution in [2.45, 2.75) is 36.8 Å². The highest BCUT2D eigenvalue weighted by Crippen LogP contribution is 2.26. The highest BCUT2D eigenvalue weighted by atomic mass is 32.2. The SMILES string of the molecule is CC(C)S(=O)(=O)c1ccc(-c2cnc(N)c(-c3nnc(CCCN)o3)n2)cc1. The van der Waals surface area contributed by atoms with Crippen LogP contribution in [0, 0.1) is 0 Å². The second-order valence-corrected chi connectivity index (χ2v) is 9.00. The number of hydrogen-bond donors (Lipinski definition) is 2. The number of sulfone groups is 1. The molecule has 10 heteroatoms. The third-order valence-electron chi connectivity index (χ3n) is 4.16. The van der Waals surface area contributed by atoms with Crippen molar-refractivity contribution in [3.05, 3.63) is 36.4 Å². The number of benzene rings is 1. The summed E-state index contributed by atoms with van der Waals surface area (Å²) in [6.07, 6.45) is 2.81. The van der Waals surface area contributed by atoms with Gasteiger partial charge in [0, 0.05) is 12.0 Å². The molecule has 4 N–H and O–H groups in total. The van der Waals surface area contributed by atoms with Gasteiger partial charge in [0.05, 0.1) is 22.0 Å². The normalized spacial score (nSPS) is 11.9. The summed E-state index contributed by atoms with van der Waals surface area (Å²) in [7, 11) is -3.34. The Morgan fingerprint density at radius 1 is 1.14 bits per heavy atom. The van der Waals surface area contributed by atoms with Crippen LogP contribution in [-0.4, -0.2) is 40.4 Å². The van der Waals surface area contributed by atoms with Crippen LogP contribution in [0.5, 0.6) is 0 Å². The summed E-state index contributed by atoms with van der Waals surface area (Å²) in [5, 5.41) is 7.45.